The predicted molar refractivity (Wildman–Crippen MR) is 452 cm³/mol. The van der Waals surface area contributed by atoms with Gasteiger partial charge in [0.25, 0.3) is 0 Å². The summed E-state index contributed by atoms with van der Waals surface area (Å²) in [6.45, 7) is 9.46. The van der Waals surface area contributed by atoms with Gasteiger partial charge in [0.1, 0.15) is 20.2 Å². The molecule has 0 heterocycles. The molecule has 0 amide bonds. The molecule has 0 N–H and O–H groups in total. The number of ether oxygens (including phenoxy) is 4. The number of hydrogen-bond acceptors (Lipinski definition) is 14. The van der Waals surface area contributed by atoms with Crippen LogP contribution in [-0.2, 0) is 39.2 Å². The van der Waals surface area contributed by atoms with E-state index in [2.05, 4.69) is 76.3 Å². The van der Waals surface area contributed by atoms with Gasteiger partial charge >= 0.3 is 61.6 Å². The molecule has 0 bridgehead atoms. The summed E-state index contributed by atoms with van der Waals surface area (Å²) in [7, 11) is -10.0. The van der Waals surface area contributed by atoms with Crippen molar-refractivity contribution in [2.45, 2.75) is 423 Å². The van der Waals surface area contributed by atoms with Crippen molar-refractivity contribution >= 4 is 81.9 Å². The molecule has 0 aliphatic rings. The van der Waals surface area contributed by atoms with Gasteiger partial charge in [-0.1, -0.05) is 345 Å². The number of hydrogen-bond donors (Lipinski definition) is 0. The van der Waals surface area contributed by atoms with Crippen LogP contribution in [0.1, 0.15) is 454 Å². The molecule has 2 aromatic carbocycles. The van der Waals surface area contributed by atoms with Crippen LogP contribution in [0, 0.1) is 0 Å². The van der Waals surface area contributed by atoms with Gasteiger partial charge in [-0.3, -0.25) is 0 Å². The first-order chi connectivity index (χ1) is 52.6. The molecular weight excluding hydrogens is 1430 g/mol. The van der Waals surface area contributed by atoms with Crippen molar-refractivity contribution in [3.63, 3.8) is 0 Å². The molecule has 620 valence electrons. The number of benzene rings is 2. The molecule has 0 aliphatic carbocycles. The van der Waals surface area contributed by atoms with Crippen molar-refractivity contribution in [2.24, 2.45) is 0 Å². The van der Waals surface area contributed by atoms with Crippen molar-refractivity contribution in [1.82, 2.24) is 0 Å². The molecule has 14 nitrogen and oxygen atoms in total. The van der Waals surface area contributed by atoms with Gasteiger partial charge in [-0.2, -0.15) is 0 Å². The Balaban J connectivity index is 0.00000212. The summed E-state index contributed by atoms with van der Waals surface area (Å²) in [4.78, 5) is 50.4. The van der Waals surface area contributed by atoms with Crippen LogP contribution in [0.3, 0.4) is 0 Å². The van der Waals surface area contributed by atoms with E-state index in [0.717, 1.165) is 89.2 Å². The molecule has 0 fully saturated rings. The van der Waals surface area contributed by atoms with Crippen LogP contribution in [0.4, 0.5) is 0 Å². The third kappa shape index (κ3) is 62.4. The largest absolute Gasteiger partial charge is 2.00 e. The van der Waals surface area contributed by atoms with E-state index in [-0.39, 0.29) is 75.3 Å². The van der Waals surface area contributed by atoms with E-state index in [4.69, 9.17) is 18.9 Å². The van der Waals surface area contributed by atoms with Crippen LogP contribution < -0.4 is 0 Å². The summed E-state index contributed by atoms with van der Waals surface area (Å²) >= 11 is 0. The fourth-order valence-electron chi connectivity index (χ4n) is 13.3. The topological polar surface area (TPSA) is 220 Å². The predicted octanol–water partition coefficient (Wildman–Crippen LogP) is 27.1. The molecule has 0 aliphatic heterocycles. The normalized spacial score (nSPS) is 11.8. The summed E-state index contributed by atoms with van der Waals surface area (Å²) in [5.74, 6) is -3.63. The van der Waals surface area contributed by atoms with Crippen LogP contribution in [0.2, 0.25) is 0 Å². The van der Waals surface area contributed by atoms with Crippen LogP contribution >= 0.6 is 0 Å². The molecule has 109 heavy (non-hydrogen) atoms. The molecular formula is C92H154CaO14S2. The maximum atomic E-state index is 13.0. The third-order valence-electron chi connectivity index (χ3n) is 20.0. The Bertz CT molecular complexity index is 2670. The summed E-state index contributed by atoms with van der Waals surface area (Å²) in [5, 5.41) is 0. The molecule has 0 radical (unpaired) electrons. The summed E-state index contributed by atoms with van der Waals surface area (Å²) in [6, 6.07) is 7.25. The first-order valence-corrected chi connectivity index (χ1v) is 46.9. The Kier molecular flexibility index (Phi) is 74.4. The number of unbranched alkanes of at least 4 members (excludes halogenated alkanes) is 52. The van der Waals surface area contributed by atoms with Gasteiger partial charge in [-0.05, 0) is 153 Å². The van der Waals surface area contributed by atoms with Gasteiger partial charge < -0.3 is 28.1 Å². The fourth-order valence-corrected chi connectivity index (χ4v) is 14.7. The van der Waals surface area contributed by atoms with Gasteiger partial charge in [-0.25, -0.2) is 36.0 Å². The van der Waals surface area contributed by atoms with Crippen LogP contribution in [0.25, 0.3) is 0 Å². The molecule has 2 rings (SSSR count). The van der Waals surface area contributed by atoms with Gasteiger partial charge in [0.15, 0.2) is 0 Å². The van der Waals surface area contributed by atoms with Crippen molar-refractivity contribution in [1.29, 1.82) is 0 Å². The van der Waals surface area contributed by atoms with E-state index in [1.165, 1.54) is 307 Å². The standard InChI is InChI=1S/2C46H78O7S.Ca/c2*1-3-5-7-9-11-13-15-17-19-21-23-25-27-29-31-33-35-40-52-45(47)42-38-37-39-43(54(49,50)51)44(42)46(48)53-41-36-34-32-30-28-26-24-22-20-18-16-14-12-10-8-6-4-2;/h2*13-16,37-39H,3-12,17-36,40-41H2,1-2H3,(H,49,50,51);/q;;+2/p-2/b2*15-13+,16-14+;. The van der Waals surface area contributed by atoms with Crippen molar-refractivity contribution < 1.29 is 64.1 Å². The monoisotopic (exact) mass is 1590 g/mol. The molecule has 0 saturated carbocycles. The molecule has 0 atom stereocenters. The zero-order valence-electron chi connectivity index (χ0n) is 69.6. The minimum absolute atomic E-state index is 0. The second-order valence-corrected chi connectivity index (χ2v) is 32.7. The second kappa shape index (κ2) is 77.0. The molecule has 0 spiro atoms. The van der Waals surface area contributed by atoms with E-state index in [0.29, 0.717) is 25.7 Å². The maximum Gasteiger partial charge on any atom is 2.00 e. The number of carbonyl (C=O) groups excluding carboxylic acids is 4. The Labute approximate surface area is 696 Å². The van der Waals surface area contributed by atoms with E-state index < -0.39 is 65.0 Å². The Morgan fingerprint density at radius 3 is 0.606 bits per heavy atom. The molecule has 0 unspecified atom stereocenters. The summed E-state index contributed by atoms with van der Waals surface area (Å²) < 4.78 is 93.5. The third-order valence-corrected chi connectivity index (χ3v) is 21.8. The zero-order valence-corrected chi connectivity index (χ0v) is 73.4. The number of rotatable bonds is 74. The number of allylic oxidation sites excluding steroid dienone is 8. The quantitative estimate of drug-likeness (QED) is 0.0150. The number of carbonyl (C=O) groups is 4. The molecule has 2 aromatic rings. The first-order valence-electron chi connectivity index (χ1n) is 44.1. The summed E-state index contributed by atoms with van der Waals surface area (Å²) in [5.41, 5.74) is -1.56. The molecule has 0 saturated heterocycles. The Morgan fingerprint density at radius 2 is 0.422 bits per heavy atom. The van der Waals surface area contributed by atoms with Crippen molar-refractivity contribution in [3.05, 3.63) is 107 Å². The fraction of sp³-hybridized carbons (Fsp3) is 0.739. The van der Waals surface area contributed by atoms with Gasteiger partial charge in [0.2, 0.25) is 0 Å². The van der Waals surface area contributed by atoms with Gasteiger partial charge in [0.05, 0.1) is 58.5 Å². The molecule has 17 heteroatoms. The van der Waals surface area contributed by atoms with Crippen LogP contribution in [0.5, 0.6) is 0 Å². The van der Waals surface area contributed by atoms with E-state index in [1.54, 1.807) is 0 Å². The van der Waals surface area contributed by atoms with E-state index in [1.807, 2.05) is 0 Å². The zero-order chi connectivity index (χ0) is 78.8. The maximum absolute atomic E-state index is 13.0. The average Bonchev–Trinajstić information content (AvgIpc) is 0.798. The molecule has 0 aromatic heterocycles. The smallest absolute Gasteiger partial charge is 0.744 e. The van der Waals surface area contributed by atoms with Crippen molar-refractivity contribution in [2.75, 3.05) is 26.4 Å². The van der Waals surface area contributed by atoms with Crippen molar-refractivity contribution in [3.8, 4) is 0 Å². The average molecular weight is 1590 g/mol. The Morgan fingerprint density at radius 1 is 0.257 bits per heavy atom. The minimum Gasteiger partial charge on any atom is -0.744 e. The van der Waals surface area contributed by atoms with Gasteiger partial charge in [-0.15, -0.1) is 0 Å². The van der Waals surface area contributed by atoms with E-state index >= 15 is 0 Å². The minimum atomic E-state index is -5.02. The van der Waals surface area contributed by atoms with Crippen LogP contribution in [0.15, 0.2) is 94.8 Å². The Hall–Kier alpha value is -3.64. The first kappa shape index (κ1) is 105. The van der Waals surface area contributed by atoms with E-state index in [9.17, 15) is 45.1 Å². The SMILES string of the molecule is CCCCCC/C=C/CCCCCCCCCCCOC(=O)c1cccc(S(=O)(=O)[O-])c1C(=O)OCCCCCCCCCCC/C=C/CCCCCC.CCCCCC/C=C/CCCCCCCCCCCOC(=O)c1cccc(S(=O)(=O)[O-])c1C(=O)OCCCCCCCCCCC/C=C/CCCCCC.[Ca+2]. The summed E-state index contributed by atoms with van der Waals surface area (Å²) in [6.07, 6.45) is 89.2. The van der Waals surface area contributed by atoms with Gasteiger partial charge in [0, 0.05) is 0 Å². The number of esters is 4. The van der Waals surface area contributed by atoms with Crippen LogP contribution in [-0.4, -0.2) is 114 Å². The second-order valence-electron chi connectivity index (χ2n) is 30.0.